The van der Waals surface area contributed by atoms with Crippen LogP contribution in [0.1, 0.15) is 22.5 Å². The molecule has 0 aliphatic heterocycles. The molecule has 0 aliphatic rings. The summed E-state index contributed by atoms with van der Waals surface area (Å²) >= 11 is 0. The fraction of sp³-hybridized carbons (Fsp3) is 0.474. The normalized spacial score (nSPS) is 11.1. The maximum atomic E-state index is 12.9. The van der Waals surface area contributed by atoms with E-state index in [1.807, 2.05) is 62.8 Å². The van der Waals surface area contributed by atoms with Crippen molar-refractivity contribution < 1.29 is 4.79 Å². The van der Waals surface area contributed by atoms with Crippen molar-refractivity contribution in [2.75, 3.05) is 27.2 Å². The Kier molecular flexibility index (Phi) is 6.15. The number of carbonyl (C=O) groups excluding carboxylic acids is 1. The van der Waals surface area contributed by atoms with Crippen LogP contribution in [0.3, 0.4) is 0 Å². The number of benzene rings is 1. The zero-order valence-corrected chi connectivity index (χ0v) is 15.4. The predicted molar refractivity (Wildman–Crippen MR) is 96.8 cm³/mol. The summed E-state index contributed by atoms with van der Waals surface area (Å²) in [6.45, 7) is 6.20. The molecule has 5 nitrogen and oxygen atoms in total. The standard InChI is InChI=1S/C19H28N4O/c1-15-18(16(2)22(5)20-15)13-19(24)23(12-11-21(3)4)14-17-9-7-6-8-10-17/h6-10H,11-14H2,1-5H3. The van der Waals surface area contributed by atoms with Gasteiger partial charge in [-0.15, -0.1) is 0 Å². The van der Waals surface area contributed by atoms with Gasteiger partial charge >= 0.3 is 0 Å². The van der Waals surface area contributed by atoms with E-state index in [0.29, 0.717) is 13.0 Å². The second kappa shape index (κ2) is 8.11. The average molecular weight is 328 g/mol. The number of amides is 1. The van der Waals surface area contributed by atoms with Gasteiger partial charge < -0.3 is 9.80 Å². The van der Waals surface area contributed by atoms with Crippen molar-refractivity contribution in [2.24, 2.45) is 7.05 Å². The first-order valence-corrected chi connectivity index (χ1v) is 8.34. The number of rotatable bonds is 7. The fourth-order valence-electron chi connectivity index (χ4n) is 2.75. The monoisotopic (exact) mass is 328 g/mol. The van der Waals surface area contributed by atoms with Crippen molar-refractivity contribution >= 4 is 5.91 Å². The SMILES string of the molecule is Cc1nn(C)c(C)c1CC(=O)N(CCN(C)C)Cc1ccccc1. The minimum Gasteiger partial charge on any atom is -0.337 e. The number of carbonyl (C=O) groups is 1. The minimum atomic E-state index is 0.153. The molecular formula is C19H28N4O. The van der Waals surface area contributed by atoms with Crippen LogP contribution in [0, 0.1) is 13.8 Å². The molecule has 2 rings (SSSR count). The van der Waals surface area contributed by atoms with Crippen molar-refractivity contribution in [3.8, 4) is 0 Å². The summed E-state index contributed by atoms with van der Waals surface area (Å²) in [5, 5.41) is 4.42. The Morgan fingerprint density at radius 1 is 1.12 bits per heavy atom. The molecule has 2 aromatic rings. The van der Waals surface area contributed by atoms with E-state index >= 15 is 0 Å². The van der Waals surface area contributed by atoms with Crippen LogP contribution in [-0.4, -0.2) is 52.7 Å². The summed E-state index contributed by atoms with van der Waals surface area (Å²) in [5.74, 6) is 0.153. The Morgan fingerprint density at radius 2 is 1.79 bits per heavy atom. The number of likely N-dealkylation sites (N-methyl/N-ethyl adjacent to an activating group) is 1. The van der Waals surface area contributed by atoms with Crippen LogP contribution in [-0.2, 0) is 24.8 Å². The Labute approximate surface area is 144 Å². The van der Waals surface area contributed by atoms with Gasteiger partial charge in [0.05, 0.1) is 12.1 Å². The van der Waals surface area contributed by atoms with Crippen LogP contribution in [0.2, 0.25) is 0 Å². The van der Waals surface area contributed by atoms with Crippen LogP contribution in [0.4, 0.5) is 0 Å². The number of aromatic nitrogens is 2. The Balaban J connectivity index is 2.14. The Morgan fingerprint density at radius 3 is 2.33 bits per heavy atom. The van der Waals surface area contributed by atoms with Crippen molar-refractivity contribution in [1.29, 1.82) is 0 Å². The summed E-state index contributed by atoms with van der Waals surface area (Å²) in [4.78, 5) is 17.0. The van der Waals surface area contributed by atoms with Gasteiger partial charge in [0.2, 0.25) is 5.91 Å². The van der Waals surface area contributed by atoms with E-state index < -0.39 is 0 Å². The van der Waals surface area contributed by atoms with Crippen molar-refractivity contribution in [3.63, 3.8) is 0 Å². The average Bonchev–Trinajstić information content (AvgIpc) is 2.78. The lowest BCUT2D eigenvalue weighted by Crippen LogP contribution is -2.37. The van der Waals surface area contributed by atoms with E-state index in [1.54, 1.807) is 0 Å². The van der Waals surface area contributed by atoms with E-state index in [9.17, 15) is 4.79 Å². The van der Waals surface area contributed by atoms with Crippen molar-refractivity contribution in [1.82, 2.24) is 19.6 Å². The van der Waals surface area contributed by atoms with Crippen LogP contribution in [0.25, 0.3) is 0 Å². The quantitative estimate of drug-likeness (QED) is 0.782. The maximum absolute atomic E-state index is 12.9. The number of nitrogens with zero attached hydrogens (tertiary/aromatic N) is 4. The van der Waals surface area contributed by atoms with Crippen LogP contribution >= 0.6 is 0 Å². The first-order valence-electron chi connectivity index (χ1n) is 8.34. The molecule has 0 radical (unpaired) electrons. The zero-order chi connectivity index (χ0) is 17.7. The van der Waals surface area contributed by atoms with Gasteiger partial charge in [-0.05, 0) is 33.5 Å². The lowest BCUT2D eigenvalue weighted by Gasteiger charge is -2.25. The Hall–Kier alpha value is -2.14. The third-order valence-corrected chi connectivity index (χ3v) is 4.37. The molecule has 0 aliphatic carbocycles. The lowest BCUT2D eigenvalue weighted by atomic mass is 10.1. The van der Waals surface area contributed by atoms with Gasteiger partial charge in [0, 0.05) is 37.9 Å². The molecule has 0 atom stereocenters. The molecule has 0 saturated heterocycles. The third kappa shape index (κ3) is 4.68. The third-order valence-electron chi connectivity index (χ3n) is 4.37. The van der Waals surface area contributed by atoms with Gasteiger partial charge in [-0.1, -0.05) is 30.3 Å². The fourth-order valence-corrected chi connectivity index (χ4v) is 2.75. The van der Waals surface area contributed by atoms with Crippen LogP contribution < -0.4 is 0 Å². The molecule has 24 heavy (non-hydrogen) atoms. The van der Waals surface area contributed by atoms with Crippen LogP contribution in [0.15, 0.2) is 30.3 Å². The first-order chi connectivity index (χ1) is 11.4. The molecule has 130 valence electrons. The van der Waals surface area contributed by atoms with Crippen molar-refractivity contribution in [2.45, 2.75) is 26.8 Å². The van der Waals surface area contributed by atoms with E-state index in [2.05, 4.69) is 22.1 Å². The molecule has 1 heterocycles. The van der Waals surface area contributed by atoms with Gasteiger partial charge in [0.25, 0.3) is 0 Å². The highest BCUT2D eigenvalue weighted by atomic mass is 16.2. The van der Waals surface area contributed by atoms with E-state index in [1.165, 1.54) is 0 Å². The maximum Gasteiger partial charge on any atom is 0.227 e. The molecule has 1 aromatic heterocycles. The summed E-state index contributed by atoms with van der Waals surface area (Å²) in [5.41, 5.74) is 4.21. The highest BCUT2D eigenvalue weighted by molar-refractivity contribution is 5.79. The van der Waals surface area contributed by atoms with E-state index in [-0.39, 0.29) is 5.91 Å². The van der Waals surface area contributed by atoms with Gasteiger partial charge in [-0.25, -0.2) is 0 Å². The molecule has 0 N–H and O–H groups in total. The topological polar surface area (TPSA) is 41.4 Å². The highest BCUT2D eigenvalue weighted by Crippen LogP contribution is 2.15. The molecule has 0 fully saturated rings. The molecule has 0 bridgehead atoms. The smallest absolute Gasteiger partial charge is 0.227 e. The molecule has 1 aromatic carbocycles. The van der Waals surface area contributed by atoms with Crippen molar-refractivity contribution in [3.05, 3.63) is 52.8 Å². The zero-order valence-electron chi connectivity index (χ0n) is 15.4. The second-order valence-electron chi connectivity index (χ2n) is 6.55. The van der Waals surface area contributed by atoms with Gasteiger partial charge in [0.1, 0.15) is 0 Å². The van der Waals surface area contributed by atoms with E-state index in [0.717, 1.165) is 35.6 Å². The molecule has 1 amide bonds. The first kappa shape index (κ1) is 18.2. The minimum absolute atomic E-state index is 0.153. The molecule has 0 unspecified atom stereocenters. The highest BCUT2D eigenvalue weighted by Gasteiger charge is 2.19. The number of hydrogen-bond acceptors (Lipinski definition) is 3. The molecule has 0 saturated carbocycles. The lowest BCUT2D eigenvalue weighted by molar-refractivity contribution is -0.131. The van der Waals surface area contributed by atoms with Gasteiger partial charge in [-0.3, -0.25) is 9.48 Å². The largest absolute Gasteiger partial charge is 0.337 e. The summed E-state index contributed by atoms with van der Waals surface area (Å²) in [6.07, 6.45) is 0.409. The van der Waals surface area contributed by atoms with Gasteiger partial charge in [0.15, 0.2) is 0 Å². The Bertz CT molecular complexity index is 676. The summed E-state index contributed by atoms with van der Waals surface area (Å²) < 4.78 is 1.85. The number of aryl methyl sites for hydroxylation is 2. The molecular weight excluding hydrogens is 300 g/mol. The van der Waals surface area contributed by atoms with Gasteiger partial charge in [-0.2, -0.15) is 5.10 Å². The number of hydrogen-bond donors (Lipinski definition) is 0. The summed E-state index contributed by atoms with van der Waals surface area (Å²) in [6, 6.07) is 10.2. The van der Waals surface area contributed by atoms with Crippen LogP contribution in [0.5, 0.6) is 0 Å². The predicted octanol–water partition coefficient (Wildman–Crippen LogP) is 2.17. The summed E-state index contributed by atoms with van der Waals surface area (Å²) in [7, 11) is 5.98. The molecule has 0 spiro atoms. The van der Waals surface area contributed by atoms with E-state index in [4.69, 9.17) is 0 Å². The molecule has 5 heteroatoms. The second-order valence-corrected chi connectivity index (χ2v) is 6.55.